The summed E-state index contributed by atoms with van der Waals surface area (Å²) in [5.41, 5.74) is 5.13. The van der Waals surface area contributed by atoms with Gasteiger partial charge in [-0.1, -0.05) is 6.07 Å². The van der Waals surface area contributed by atoms with Gasteiger partial charge in [0.1, 0.15) is 23.8 Å². The van der Waals surface area contributed by atoms with Crippen molar-refractivity contribution in [2.75, 3.05) is 7.11 Å². The Morgan fingerprint density at radius 2 is 2.00 bits per heavy atom. The van der Waals surface area contributed by atoms with Gasteiger partial charge in [0, 0.05) is 47.0 Å². The van der Waals surface area contributed by atoms with Gasteiger partial charge in [-0.25, -0.2) is 15.0 Å². The van der Waals surface area contributed by atoms with Crippen LogP contribution in [0.1, 0.15) is 17.0 Å². The van der Waals surface area contributed by atoms with E-state index in [2.05, 4.69) is 26.0 Å². The molecule has 26 heavy (non-hydrogen) atoms. The smallest absolute Gasteiger partial charge is 0.140 e. The van der Waals surface area contributed by atoms with Crippen molar-refractivity contribution in [1.82, 2.24) is 19.9 Å². The maximum atomic E-state index is 9.10. The van der Waals surface area contributed by atoms with Crippen molar-refractivity contribution in [2.45, 2.75) is 6.42 Å². The molecule has 4 aromatic rings. The second-order valence-corrected chi connectivity index (χ2v) is 5.82. The normalized spacial score (nSPS) is 10.6. The fourth-order valence-electron chi connectivity index (χ4n) is 3.04. The number of nitriles is 1. The highest BCUT2D eigenvalue weighted by Crippen LogP contribution is 2.33. The predicted octanol–water partition coefficient (Wildman–Crippen LogP) is 3.49. The van der Waals surface area contributed by atoms with Crippen LogP contribution in [0.4, 0.5) is 0 Å². The van der Waals surface area contributed by atoms with Gasteiger partial charge in [0.25, 0.3) is 0 Å². The summed E-state index contributed by atoms with van der Waals surface area (Å²) in [4.78, 5) is 16.1. The van der Waals surface area contributed by atoms with Gasteiger partial charge >= 0.3 is 0 Å². The van der Waals surface area contributed by atoms with Gasteiger partial charge < -0.3 is 9.72 Å². The molecule has 0 unspecified atom stereocenters. The number of nitrogens with one attached hydrogen (secondary N) is 1. The van der Waals surface area contributed by atoms with E-state index >= 15 is 0 Å². The molecule has 0 amide bonds. The molecular formula is C20H15N5O. The zero-order valence-corrected chi connectivity index (χ0v) is 14.1. The average Bonchev–Trinajstić information content (AvgIpc) is 3.06. The van der Waals surface area contributed by atoms with E-state index in [1.54, 1.807) is 25.6 Å². The van der Waals surface area contributed by atoms with E-state index < -0.39 is 0 Å². The molecule has 0 bridgehead atoms. The van der Waals surface area contributed by atoms with Crippen LogP contribution in [0, 0.1) is 11.3 Å². The summed E-state index contributed by atoms with van der Waals surface area (Å²) >= 11 is 0. The number of hydrogen-bond donors (Lipinski definition) is 1. The lowest BCUT2D eigenvalue weighted by Gasteiger charge is -2.05. The van der Waals surface area contributed by atoms with E-state index in [4.69, 9.17) is 10.00 Å². The van der Waals surface area contributed by atoms with Crippen molar-refractivity contribution in [3.05, 3.63) is 72.1 Å². The fraction of sp³-hybridized carbons (Fsp3) is 0.100. The van der Waals surface area contributed by atoms with Gasteiger partial charge in [-0.15, -0.1) is 0 Å². The SMILES string of the molecule is COc1ccc2c(Cc3cccc(C#N)n3)c(-c3cncnc3)[nH]c2c1. The third kappa shape index (κ3) is 2.87. The lowest BCUT2D eigenvalue weighted by Crippen LogP contribution is -1.96. The third-order valence-corrected chi connectivity index (χ3v) is 4.24. The van der Waals surface area contributed by atoms with Gasteiger partial charge in [-0.2, -0.15) is 5.26 Å². The number of H-pyrrole nitrogens is 1. The summed E-state index contributed by atoms with van der Waals surface area (Å²) in [5.74, 6) is 0.783. The Kier molecular flexibility index (Phi) is 4.04. The molecule has 126 valence electrons. The molecule has 0 aliphatic heterocycles. The monoisotopic (exact) mass is 341 g/mol. The van der Waals surface area contributed by atoms with Gasteiger partial charge in [-0.05, 0) is 29.8 Å². The number of aromatic nitrogens is 4. The number of hydrogen-bond acceptors (Lipinski definition) is 5. The van der Waals surface area contributed by atoms with Gasteiger partial charge in [0.05, 0.1) is 12.8 Å². The van der Waals surface area contributed by atoms with Crippen LogP contribution in [-0.4, -0.2) is 27.0 Å². The number of ether oxygens (including phenoxy) is 1. The largest absolute Gasteiger partial charge is 0.497 e. The van der Waals surface area contributed by atoms with E-state index in [9.17, 15) is 0 Å². The molecule has 1 N–H and O–H groups in total. The Hall–Kier alpha value is -3.72. The Bertz CT molecular complexity index is 1110. The first-order valence-electron chi connectivity index (χ1n) is 8.08. The van der Waals surface area contributed by atoms with E-state index in [-0.39, 0.29) is 0 Å². The number of nitrogens with zero attached hydrogens (tertiary/aromatic N) is 4. The Labute approximate surface area is 150 Å². The minimum absolute atomic E-state index is 0.411. The fourth-order valence-corrected chi connectivity index (χ4v) is 3.04. The van der Waals surface area contributed by atoms with Crippen molar-refractivity contribution in [3.63, 3.8) is 0 Å². The highest BCUT2D eigenvalue weighted by atomic mass is 16.5. The highest BCUT2D eigenvalue weighted by molar-refractivity contribution is 5.91. The minimum atomic E-state index is 0.411. The Morgan fingerprint density at radius 3 is 2.77 bits per heavy atom. The molecule has 6 nitrogen and oxygen atoms in total. The molecule has 0 atom stereocenters. The van der Waals surface area contributed by atoms with Crippen LogP contribution in [-0.2, 0) is 6.42 Å². The van der Waals surface area contributed by atoms with Crippen molar-refractivity contribution in [1.29, 1.82) is 5.26 Å². The number of fused-ring (bicyclic) bond motifs is 1. The molecule has 0 fully saturated rings. The van der Waals surface area contributed by atoms with Gasteiger partial charge in [-0.3, -0.25) is 0 Å². The summed E-state index contributed by atoms with van der Waals surface area (Å²) < 4.78 is 5.33. The second kappa shape index (κ2) is 6.65. The molecule has 0 saturated carbocycles. The molecule has 4 rings (SSSR count). The van der Waals surface area contributed by atoms with E-state index in [1.807, 2.05) is 30.3 Å². The highest BCUT2D eigenvalue weighted by Gasteiger charge is 2.15. The summed E-state index contributed by atoms with van der Waals surface area (Å²) in [5, 5.41) is 10.2. The minimum Gasteiger partial charge on any atom is -0.497 e. The first-order chi connectivity index (χ1) is 12.8. The summed E-state index contributed by atoms with van der Waals surface area (Å²) in [6.45, 7) is 0. The third-order valence-electron chi connectivity index (χ3n) is 4.24. The average molecular weight is 341 g/mol. The molecule has 0 spiro atoms. The number of methoxy groups -OCH3 is 1. The van der Waals surface area contributed by atoms with Crippen LogP contribution >= 0.6 is 0 Å². The maximum absolute atomic E-state index is 9.10. The Balaban J connectivity index is 1.89. The van der Waals surface area contributed by atoms with E-state index in [0.717, 1.165) is 39.2 Å². The standard InChI is InChI=1S/C20H15N5O/c1-26-16-5-6-17-18(7-14-3-2-4-15(9-21)24-14)20(25-19(17)8-16)13-10-22-12-23-11-13/h2-6,8,10-12,25H,7H2,1H3. The first-order valence-corrected chi connectivity index (χ1v) is 8.08. The Morgan fingerprint density at radius 1 is 1.15 bits per heavy atom. The van der Waals surface area contributed by atoms with Crippen LogP contribution in [0.2, 0.25) is 0 Å². The molecule has 0 aliphatic rings. The quantitative estimate of drug-likeness (QED) is 0.614. The number of pyridine rings is 1. The molecular weight excluding hydrogens is 326 g/mol. The van der Waals surface area contributed by atoms with Crippen LogP contribution in [0.5, 0.6) is 5.75 Å². The summed E-state index contributed by atoms with van der Waals surface area (Å²) in [7, 11) is 1.65. The van der Waals surface area contributed by atoms with Crippen molar-refractivity contribution in [2.24, 2.45) is 0 Å². The van der Waals surface area contributed by atoms with Crippen molar-refractivity contribution >= 4 is 10.9 Å². The zero-order chi connectivity index (χ0) is 17.9. The molecule has 0 radical (unpaired) electrons. The van der Waals surface area contributed by atoms with Crippen LogP contribution in [0.15, 0.2) is 55.1 Å². The van der Waals surface area contributed by atoms with Crippen LogP contribution in [0.25, 0.3) is 22.2 Å². The lowest BCUT2D eigenvalue weighted by atomic mass is 10.0. The van der Waals surface area contributed by atoms with Gasteiger partial charge in [0.15, 0.2) is 0 Å². The number of rotatable bonds is 4. The molecule has 3 aromatic heterocycles. The van der Waals surface area contributed by atoms with E-state index in [0.29, 0.717) is 12.1 Å². The summed E-state index contributed by atoms with van der Waals surface area (Å²) in [6, 6.07) is 13.5. The molecule has 6 heteroatoms. The van der Waals surface area contributed by atoms with E-state index in [1.165, 1.54) is 6.33 Å². The van der Waals surface area contributed by atoms with Gasteiger partial charge in [0.2, 0.25) is 0 Å². The van der Waals surface area contributed by atoms with Crippen LogP contribution < -0.4 is 4.74 Å². The predicted molar refractivity (Wildman–Crippen MR) is 97.6 cm³/mol. The van der Waals surface area contributed by atoms with Crippen molar-refractivity contribution in [3.8, 4) is 23.1 Å². The molecule has 0 aliphatic carbocycles. The second-order valence-electron chi connectivity index (χ2n) is 5.82. The number of benzene rings is 1. The number of aromatic amines is 1. The molecule has 3 heterocycles. The summed E-state index contributed by atoms with van der Waals surface area (Å²) in [6.07, 6.45) is 5.65. The zero-order valence-electron chi connectivity index (χ0n) is 14.1. The molecule has 1 aromatic carbocycles. The maximum Gasteiger partial charge on any atom is 0.140 e. The lowest BCUT2D eigenvalue weighted by molar-refractivity contribution is 0.415. The topological polar surface area (TPSA) is 87.5 Å². The van der Waals surface area contributed by atoms with Crippen molar-refractivity contribution < 1.29 is 4.74 Å². The molecule has 0 saturated heterocycles. The first kappa shape index (κ1) is 15.8. The van der Waals surface area contributed by atoms with Crippen LogP contribution in [0.3, 0.4) is 0 Å².